The van der Waals surface area contributed by atoms with Gasteiger partial charge in [-0.1, -0.05) is 52.0 Å². The molecule has 7 heteroatoms. The van der Waals surface area contributed by atoms with Gasteiger partial charge in [-0.05, 0) is 48.5 Å². The van der Waals surface area contributed by atoms with E-state index in [1.165, 1.54) is 40.9 Å². The lowest BCUT2D eigenvalue weighted by Crippen LogP contribution is -2.27. The molecule has 0 spiro atoms. The fourth-order valence-corrected chi connectivity index (χ4v) is 4.15. The Bertz CT molecular complexity index is 1060. The van der Waals surface area contributed by atoms with Crippen LogP contribution in [-0.4, -0.2) is 10.2 Å². The molecule has 3 nitrogen and oxygen atoms in total. The molecule has 0 aliphatic carbocycles. The molecule has 2 heterocycles. The largest absolute Gasteiger partial charge is 0.457 e. The van der Waals surface area contributed by atoms with Crippen molar-refractivity contribution in [1.29, 1.82) is 0 Å². The zero-order valence-electron chi connectivity index (χ0n) is 13.7. The van der Waals surface area contributed by atoms with Gasteiger partial charge in [0.25, 0.3) is 5.91 Å². The van der Waals surface area contributed by atoms with Crippen LogP contribution in [0, 0.1) is 5.82 Å². The molecule has 1 aromatic heterocycles. The van der Waals surface area contributed by atoms with E-state index in [0.717, 1.165) is 10.0 Å². The fraction of sp³-hybridized carbons (Fsp3) is 0. The van der Waals surface area contributed by atoms with E-state index in [1.807, 2.05) is 36.4 Å². The molecule has 1 saturated heterocycles. The van der Waals surface area contributed by atoms with E-state index in [4.69, 9.17) is 16.6 Å². The number of nitrogens with zero attached hydrogens (tertiary/aromatic N) is 1. The molecule has 0 atom stereocenters. The highest BCUT2D eigenvalue weighted by atomic mass is 79.9. The first-order chi connectivity index (χ1) is 13.0. The lowest BCUT2D eigenvalue weighted by Gasteiger charge is -2.14. The van der Waals surface area contributed by atoms with Crippen LogP contribution in [0.15, 0.2) is 74.5 Å². The third-order valence-electron chi connectivity index (χ3n) is 3.91. The van der Waals surface area contributed by atoms with Gasteiger partial charge in [0.15, 0.2) is 4.32 Å². The van der Waals surface area contributed by atoms with Gasteiger partial charge in [-0.15, -0.1) is 0 Å². The lowest BCUT2D eigenvalue weighted by atomic mass is 10.2. The van der Waals surface area contributed by atoms with Gasteiger partial charge in [0.05, 0.1) is 10.6 Å². The SMILES string of the molecule is O=C1C(=Cc2ccc(-c3ccc(Br)cc3)o2)SC(=S)N1c1ccc(F)cc1. The first-order valence-corrected chi connectivity index (χ1v) is 9.92. The molecule has 4 rings (SSSR count). The second-order valence-corrected chi connectivity index (χ2v) is 8.29. The molecule has 1 aliphatic rings. The van der Waals surface area contributed by atoms with Crippen LogP contribution >= 0.6 is 39.9 Å². The maximum absolute atomic E-state index is 13.1. The number of hydrogen-bond acceptors (Lipinski definition) is 4. The van der Waals surface area contributed by atoms with Crippen molar-refractivity contribution in [3.63, 3.8) is 0 Å². The smallest absolute Gasteiger partial charge is 0.270 e. The van der Waals surface area contributed by atoms with Gasteiger partial charge in [-0.2, -0.15) is 0 Å². The number of rotatable bonds is 3. The molecule has 2 aromatic carbocycles. The lowest BCUT2D eigenvalue weighted by molar-refractivity contribution is -0.113. The highest BCUT2D eigenvalue weighted by Crippen LogP contribution is 2.36. The van der Waals surface area contributed by atoms with E-state index in [2.05, 4.69) is 15.9 Å². The molecule has 0 bridgehead atoms. The van der Waals surface area contributed by atoms with Gasteiger partial charge in [-0.25, -0.2) is 4.39 Å². The summed E-state index contributed by atoms with van der Waals surface area (Å²) < 4.78 is 20.4. The molecule has 1 fully saturated rings. The van der Waals surface area contributed by atoms with Crippen LogP contribution in [0.1, 0.15) is 5.76 Å². The summed E-state index contributed by atoms with van der Waals surface area (Å²) in [6.45, 7) is 0. The Kier molecular flexibility index (Phi) is 4.99. The van der Waals surface area contributed by atoms with Crippen molar-refractivity contribution >= 4 is 61.9 Å². The number of thiocarbonyl (C=S) groups is 1. The Morgan fingerprint density at radius 2 is 1.74 bits per heavy atom. The van der Waals surface area contributed by atoms with Gasteiger partial charge in [-0.3, -0.25) is 9.69 Å². The fourth-order valence-electron chi connectivity index (χ4n) is 2.61. The van der Waals surface area contributed by atoms with Crippen LogP contribution in [0.25, 0.3) is 17.4 Å². The van der Waals surface area contributed by atoms with Crippen molar-refractivity contribution in [1.82, 2.24) is 0 Å². The number of hydrogen-bond donors (Lipinski definition) is 0. The zero-order valence-corrected chi connectivity index (χ0v) is 16.9. The van der Waals surface area contributed by atoms with Crippen molar-refractivity contribution in [2.45, 2.75) is 0 Å². The standard InChI is InChI=1S/C20H11BrFNO2S2/c21-13-3-1-12(2-4-13)17-10-9-16(25-17)11-18-19(24)23(20(26)27-18)15-7-5-14(22)6-8-15/h1-11H. The van der Waals surface area contributed by atoms with E-state index in [1.54, 1.807) is 6.08 Å². The minimum Gasteiger partial charge on any atom is -0.457 e. The third kappa shape index (κ3) is 3.76. The van der Waals surface area contributed by atoms with Crippen molar-refractivity contribution in [2.24, 2.45) is 0 Å². The molecule has 0 unspecified atom stereocenters. The second kappa shape index (κ2) is 7.42. The molecule has 1 aliphatic heterocycles. The van der Waals surface area contributed by atoms with E-state index in [0.29, 0.717) is 26.4 Å². The van der Waals surface area contributed by atoms with Crippen LogP contribution in [0.3, 0.4) is 0 Å². The number of thioether (sulfide) groups is 1. The molecule has 27 heavy (non-hydrogen) atoms. The number of amides is 1. The highest BCUT2D eigenvalue weighted by Gasteiger charge is 2.33. The van der Waals surface area contributed by atoms with Crippen molar-refractivity contribution in [3.05, 3.63) is 81.6 Å². The Labute approximate surface area is 173 Å². The van der Waals surface area contributed by atoms with E-state index < -0.39 is 0 Å². The number of carbonyl (C=O) groups excluding carboxylic acids is 1. The van der Waals surface area contributed by atoms with Crippen LogP contribution in [-0.2, 0) is 4.79 Å². The van der Waals surface area contributed by atoms with Gasteiger partial charge in [0, 0.05) is 16.1 Å². The maximum Gasteiger partial charge on any atom is 0.270 e. The summed E-state index contributed by atoms with van der Waals surface area (Å²) in [6, 6.07) is 17.1. The topological polar surface area (TPSA) is 33.5 Å². The van der Waals surface area contributed by atoms with Crippen molar-refractivity contribution in [3.8, 4) is 11.3 Å². The number of carbonyl (C=O) groups is 1. The Morgan fingerprint density at radius 3 is 2.44 bits per heavy atom. The molecule has 0 radical (unpaired) electrons. The Morgan fingerprint density at radius 1 is 1.04 bits per heavy atom. The predicted octanol–water partition coefficient (Wildman–Crippen LogP) is 6.25. The normalized spacial score (nSPS) is 15.8. The summed E-state index contributed by atoms with van der Waals surface area (Å²) in [6.07, 6.45) is 1.67. The number of halogens is 2. The molecule has 3 aromatic rings. The Balaban J connectivity index is 1.59. The van der Waals surface area contributed by atoms with Crippen LogP contribution < -0.4 is 4.90 Å². The molecule has 0 saturated carbocycles. The zero-order chi connectivity index (χ0) is 19.0. The highest BCUT2D eigenvalue weighted by molar-refractivity contribution is 9.10. The average molecular weight is 460 g/mol. The summed E-state index contributed by atoms with van der Waals surface area (Å²) in [5.41, 5.74) is 1.48. The van der Waals surface area contributed by atoms with E-state index in [9.17, 15) is 9.18 Å². The summed E-state index contributed by atoms with van der Waals surface area (Å²) in [7, 11) is 0. The Hall–Kier alpha value is -2.22. The quantitative estimate of drug-likeness (QED) is 0.342. The van der Waals surface area contributed by atoms with Crippen molar-refractivity contribution < 1.29 is 13.6 Å². The molecule has 1 amide bonds. The molecular weight excluding hydrogens is 449 g/mol. The van der Waals surface area contributed by atoms with Crippen molar-refractivity contribution in [2.75, 3.05) is 4.90 Å². The number of anilines is 1. The van der Waals surface area contributed by atoms with Crippen LogP contribution in [0.2, 0.25) is 0 Å². The molecule has 134 valence electrons. The summed E-state index contributed by atoms with van der Waals surface area (Å²) >= 11 is 9.91. The number of furan rings is 1. The minimum absolute atomic E-state index is 0.252. The van der Waals surface area contributed by atoms with Gasteiger partial charge < -0.3 is 4.42 Å². The first kappa shape index (κ1) is 18.2. The maximum atomic E-state index is 13.1. The van der Waals surface area contributed by atoms with Gasteiger partial charge in [0.2, 0.25) is 0 Å². The number of benzene rings is 2. The monoisotopic (exact) mass is 459 g/mol. The predicted molar refractivity (Wildman–Crippen MR) is 114 cm³/mol. The van der Waals surface area contributed by atoms with E-state index in [-0.39, 0.29) is 11.7 Å². The average Bonchev–Trinajstić information content (AvgIpc) is 3.22. The summed E-state index contributed by atoms with van der Waals surface area (Å²) in [5.74, 6) is 0.657. The summed E-state index contributed by atoms with van der Waals surface area (Å²) in [4.78, 5) is 14.6. The van der Waals surface area contributed by atoms with E-state index >= 15 is 0 Å². The van der Waals surface area contributed by atoms with Crippen LogP contribution in [0.4, 0.5) is 10.1 Å². The van der Waals surface area contributed by atoms with Gasteiger partial charge in [0.1, 0.15) is 17.3 Å². The molecular formula is C20H11BrFNO2S2. The second-order valence-electron chi connectivity index (χ2n) is 5.70. The minimum atomic E-state index is -0.365. The first-order valence-electron chi connectivity index (χ1n) is 7.90. The van der Waals surface area contributed by atoms with Crippen LogP contribution in [0.5, 0.6) is 0 Å². The van der Waals surface area contributed by atoms with Gasteiger partial charge >= 0.3 is 0 Å². The third-order valence-corrected chi connectivity index (χ3v) is 5.74. The summed E-state index contributed by atoms with van der Waals surface area (Å²) in [5, 5.41) is 0. The molecule has 0 N–H and O–H groups in total.